The van der Waals surface area contributed by atoms with Crippen LogP contribution in [0.25, 0.3) is 0 Å². The predicted molar refractivity (Wildman–Crippen MR) is 95.4 cm³/mol. The summed E-state index contributed by atoms with van der Waals surface area (Å²) in [6.45, 7) is 6.52. The lowest BCUT2D eigenvalue weighted by atomic mass is 10.0. The molecule has 0 radical (unpaired) electrons. The van der Waals surface area contributed by atoms with Crippen LogP contribution in [0, 0.1) is 0 Å². The van der Waals surface area contributed by atoms with Crippen molar-refractivity contribution in [2.45, 2.75) is 26.2 Å². The number of carbonyl (C=O) groups is 2. The largest absolute Gasteiger partial charge is 0.459 e. The maximum absolute atomic E-state index is 12.5. The Labute approximate surface area is 148 Å². The van der Waals surface area contributed by atoms with E-state index in [1.54, 1.807) is 17.0 Å². The Morgan fingerprint density at radius 1 is 1.00 bits per heavy atom. The second-order valence-corrected chi connectivity index (χ2v) is 6.72. The summed E-state index contributed by atoms with van der Waals surface area (Å²) < 4.78 is 5.16. The fraction of sp³-hybridized carbons (Fsp3) is 0.400. The number of hydrogen-bond donors (Lipinski definition) is 0. The molecule has 0 N–H and O–H groups in total. The molecule has 0 atom stereocenters. The van der Waals surface area contributed by atoms with Crippen molar-refractivity contribution >= 4 is 11.8 Å². The van der Waals surface area contributed by atoms with Gasteiger partial charge in [0.2, 0.25) is 5.91 Å². The maximum Gasteiger partial charge on any atom is 0.289 e. The smallest absolute Gasteiger partial charge is 0.289 e. The summed E-state index contributed by atoms with van der Waals surface area (Å²) in [5.41, 5.74) is 2.31. The molecule has 1 saturated heterocycles. The Morgan fingerprint density at radius 3 is 2.20 bits per heavy atom. The van der Waals surface area contributed by atoms with Gasteiger partial charge in [-0.15, -0.1) is 0 Å². The van der Waals surface area contributed by atoms with Gasteiger partial charge < -0.3 is 14.2 Å². The molecule has 5 heteroatoms. The molecule has 132 valence electrons. The first-order valence-corrected chi connectivity index (χ1v) is 8.74. The van der Waals surface area contributed by atoms with Crippen molar-refractivity contribution in [2.24, 2.45) is 0 Å². The first-order chi connectivity index (χ1) is 12.0. The molecule has 1 aliphatic heterocycles. The molecule has 0 spiro atoms. The molecule has 1 fully saturated rings. The summed E-state index contributed by atoms with van der Waals surface area (Å²) in [6, 6.07) is 11.6. The summed E-state index contributed by atoms with van der Waals surface area (Å²) in [5.74, 6) is 0.846. The molecule has 0 unspecified atom stereocenters. The third-order valence-electron chi connectivity index (χ3n) is 4.65. The number of amides is 2. The number of piperazine rings is 1. The molecule has 1 aromatic heterocycles. The van der Waals surface area contributed by atoms with Crippen LogP contribution in [0.2, 0.25) is 0 Å². The topological polar surface area (TPSA) is 53.8 Å². The highest BCUT2D eigenvalue weighted by atomic mass is 16.3. The van der Waals surface area contributed by atoms with Gasteiger partial charge in [0.05, 0.1) is 12.7 Å². The normalized spacial score (nSPS) is 14.8. The lowest BCUT2D eigenvalue weighted by Gasteiger charge is -2.34. The second-order valence-electron chi connectivity index (χ2n) is 6.72. The molecule has 0 aliphatic carbocycles. The van der Waals surface area contributed by atoms with Crippen molar-refractivity contribution in [1.29, 1.82) is 0 Å². The average molecular weight is 340 g/mol. The van der Waals surface area contributed by atoms with Crippen molar-refractivity contribution in [3.63, 3.8) is 0 Å². The molecule has 0 bridgehead atoms. The molecule has 2 aromatic rings. The van der Waals surface area contributed by atoms with Crippen LogP contribution in [0.4, 0.5) is 0 Å². The Balaban J connectivity index is 1.52. The molecule has 0 saturated carbocycles. The molecular formula is C20H24N2O3. The average Bonchev–Trinajstić information content (AvgIpc) is 3.16. The minimum Gasteiger partial charge on any atom is -0.459 e. The highest BCUT2D eigenvalue weighted by Crippen LogP contribution is 2.16. The van der Waals surface area contributed by atoms with Crippen LogP contribution in [0.1, 0.15) is 41.4 Å². The van der Waals surface area contributed by atoms with Gasteiger partial charge in [-0.3, -0.25) is 9.59 Å². The van der Waals surface area contributed by atoms with E-state index in [-0.39, 0.29) is 11.8 Å². The maximum atomic E-state index is 12.5. The number of nitrogens with zero attached hydrogens (tertiary/aromatic N) is 2. The summed E-state index contributed by atoms with van der Waals surface area (Å²) in [4.78, 5) is 28.3. The van der Waals surface area contributed by atoms with E-state index in [1.165, 1.54) is 11.8 Å². The van der Waals surface area contributed by atoms with Gasteiger partial charge in [-0.2, -0.15) is 0 Å². The standard InChI is InChI=1S/C20H24N2O3/c1-15(2)17-7-5-16(6-8-17)14-19(23)21-9-11-22(12-10-21)20(24)18-4-3-13-25-18/h3-8,13,15H,9-12,14H2,1-2H3. The summed E-state index contributed by atoms with van der Waals surface area (Å²) in [6.07, 6.45) is 1.90. The van der Waals surface area contributed by atoms with Crippen LogP contribution in [0.5, 0.6) is 0 Å². The van der Waals surface area contributed by atoms with E-state index in [2.05, 4.69) is 26.0 Å². The Bertz CT molecular complexity index is 712. The van der Waals surface area contributed by atoms with Crippen molar-refractivity contribution in [2.75, 3.05) is 26.2 Å². The molecule has 1 aliphatic rings. The second kappa shape index (κ2) is 7.55. The monoisotopic (exact) mass is 340 g/mol. The fourth-order valence-corrected chi connectivity index (χ4v) is 3.02. The Hall–Kier alpha value is -2.56. The number of benzene rings is 1. The van der Waals surface area contributed by atoms with Gasteiger partial charge in [0, 0.05) is 26.2 Å². The predicted octanol–water partition coefficient (Wildman–Crippen LogP) is 2.93. The van der Waals surface area contributed by atoms with Crippen molar-refractivity contribution < 1.29 is 14.0 Å². The zero-order valence-electron chi connectivity index (χ0n) is 14.8. The van der Waals surface area contributed by atoms with Gasteiger partial charge in [0.15, 0.2) is 5.76 Å². The van der Waals surface area contributed by atoms with Crippen LogP contribution in [0.3, 0.4) is 0 Å². The minimum absolute atomic E-state index is 0.110. The third-order valence-corrected chi connectivity index (χ3v) is 4.65. The molecule has 3 rings (SSSR count). The molecule has 2 heterocycles. The molecule has 1 aromatic carbocycles. The van der Waals surface area contributed by atoms with E-state index in [0.29, 0.717) is 44.3 Å². The highest BCUT2D eigenvalue weighted by molar-refractivity contribution is 5.91. The van der Waals surface area contributed by atoms with E-state index in [1.807, 2.05) is 17.0 Å². The van der Waals surface area contributed by atoms with Crippen LogP contribution < -0.4 is 0 Å². The van der Waals surface area contributed by atoms with Gasteiger partial charge in [0.1, 0.15) is 0 Å². The van der Waals surface area contributed by atoms with E-state index < -0.39 is 0 Å². The fourth-order valence-electron chi connectivity index (χ4n) is 3.02. The number of hydrogen-bond acceptors (Lipinski definition) is 3. The zero-order valence-corrected chi connectivity index (χ0v) is 14.8. The van der Waals surface area contributed by atoms with E-state index in [4.69, 9.17) is 4.42 Å². The van der Waals surface area contributed by atoms with Crippen molar-refractivity contribution in [3.8, 4) is 0 Å². The first kappa shape index (κ1) is 17.3. The van der Waals surface area contributed by atoms with Crippen molar-refractivity contribution in [1.82, 2.24) is 9.80 Å². The van der Waals surface area contributed by atoms with Crippen LogP contribution in [-0.2, 0) is 11.2 Å². The summed E-state index contributed by atoms with van der Waals surface area (Å²) in [7, 11) is 0. The minimum atomic E-state index is -0.110. The summed E-state index contributed by atoms with van der Waals surface area (Å²) >= 11 is 0. The van der Waals surface area contributed by atoms with E-state index in [9.17, 15) is 9.59 Å². The molecule has 2 amide bonds. The number of carbonyl (C=O) groups excluding carboxylic acids is 2. The van der Waals surface area contributed by atoms with Gasteiger partial charge in [-0.05, 0) is 29.2 Å². The van der Waals surface area contributed by atoms with Crippen LogP contribution in [0.15, 0.2) is 47.1 Å². The van der Waals surface area contributed by atoms with Gasteiger partial charge in [0.25, 0.3) is 5.91 Å². The van der Waals surface area contributed by atoms with Gasteiger partial charge in [-0.1, -0.05) is 38.1 Å². The third kappa shape index (κ3) is 4.10. The lowest BCUT2D eigenvalue weighted by Crippen LogP contribution is -2.50. The van der Waals surface area contributed by atoms with Crippen LogP contribution in [-0.4, -0.2) is 47.8 Å². The molecular weight excluding hydrogens is 316 g/mol. The zero-order chi connectivity index (χ0) is 17.8. The summed E-state index contributed by atoms with van der Waals surface area (Å²) in [5, 5.41) is 0. The van der Waals surface area contributed by atoms with Crippen molar-refractivity contribution in [3.05, 3.63) is 59.5 Å². The molecule has 25 heavy (non-hydrogen) atoms. The van der Waals surface area contributed by atoms with E-state index in [0.717, 1.165) is 5.56 Å². The highest BCUT2D eigenvalue weighted by Gasteiger charge is 2.25. The van der Waals surface area contributed by atoms with E-state index >= 15 is 0 Å². The first-order valence-electron chi connectivity index (χ1n) is 8.74. The lowest BCUT2D eigenvalue weighted by molar-refractivity contribution is -0.131. The van der Waals surface area contributed by atoms with Crippen LogP contribution >= 0.6 is 0 Å². The van der Waals surface area contributed by atoms with Gasteiger partial charge >= 0.3 is 0 Å². The SMILES string of the molecule is CC(C)c1ccc(CC(=O)N2CCN(C(=O)c3ccco3)CC2)cc1. The number of furan rings is 1. The molecule has 5 nitrogen and oxygen atoms in total. The number of rotatable bonds is 4. The Morgan fingerprint density at radius 2 is 1.64 bits per heavy atom. The quantitative estimate of drug-likeness (QED) is 0.860. The Kier molecular flexibility index (Phi) is 5.22. The van der Waals surface area contributed by atoms with Gasteiger partial charge in [-0.25, -0.2) is 0 Å².